The standard InChI is InChI=1S/C17H21N5.ClH/c1-11-10-22(2)15-9-13(12-6-4-3-5-7-12)8-14(16(11)15)20-21-17(18)19;/h3-7,10,13H,8-9H2,1-2H3,(H4,18,19,21);1H. The van der Waals surface area contributed by atoms with Crippen molar-refractivity contribution >= 4 is 24.1 Å². The quantitative estimate of drug-likeness (QED) is 0.503. The third-order valence-electron chi connectivity index (χ3n) is 4.22. The Morgan fingerprint density at radius 2 is 1.87 bits per heavy atom. The van der Waals surface area contributed by atoms with Gasteiger partial charge in [0.1, 0.15) is 0 Å². The molecule has 0 saturated carbocycles. The maximum absolute atomic E-state index is 5.43. The van der Waals surface area contributed by atoms with Gasteiger partial charge in [0.05, 0.1) is 5.71 Å². The molecule has 5 nitrogen and oxygen atoms in total. The number of nitrogens with two attached hydrogens (primary N) is 2. The Bertz CT molecular complexity index is 742. The van der Waals surface area contributed by atoms with Crippen molar-refractivity contribution in [3.05, 3.63) is 58.9 Å². The second-order valence-electron chi connectivity index (χ2n) is 5.83. The molecule has 0 aliphatic heterocycles. The minimum Gasteiger partial charge on any atom is -0.369 e. The summed E-state index contributed by atoms with van der Waals surface area (Å²) in [6.07, 6.45) is 3.99. The van der Waals surface area contributed by atoms with Gasteiger partial charge in [0.15, 0.2) is 0 Å². The number of hydrogen-bond acceptors (Lipinski definition) is 2. The van der Waals surface area contributed by atoms with Crippen LogP contribution in [0.4, 0.5) is 0 Å². The summed E-state index contributed by atoms with van der Waals surface area (Å²) in [5, 5.41) is 8.19. The first-order chi connectivity index (χ1) is 10.6. The van der Waals surface area contributed by atoms with Gasteiger partial charge in [-0.05, 0) is 36.8 Å². The Morgan fingerprint density at radius 3 is 2.52 bits per heavy atom. The van der Waals surface area contributed by atoms with Gasteiger partial charge in [-0.3, -0.25) is 0 Å². The summed E-state index contributed by atoms with van der Waals surface area (Å²) >= 11 is 0. The summed E-state index contributed by atoms with van der Waals surface area (Å²) in [5.41, 5.74) is 16.9. The molecule has 1 aromatic heterocycles. The monoisotopic (exact) mass is 331 g/mol. The van der Waals surface area contributed by atoms with Crippen molar-refractivity contribution < 1.29 is 0 Å². The van der Waals surface area contributed by atoms with Crippen molar-refractivity contribution in [2.24, 2.45) is 28.7 Å². The summed E-state index contributed by atoms with van der Waals surface area (Å²) < 4.78 is 2.19. The first kappa shape index (κ1) is 17.1. The van der Waals surface area contributed by atoms with Crippen LogP contribution in [-0.4, -0.2) is 16.2 Å². The molecule has 1 aliphatic carbocycles. The largest absolute Gasteiger partial charge is 0.369 e. The normalized spacial score (nSPS) is 18.2. The first-order valence-corrected chi connectivity index (χ1v) is 7.42. The van der Waals surface area contributed by atoms with Gasteiger partial charge in [-0.2, -0.15) is 5.10 Å². The number of benzene rings is 1. The Labute approximate surface area is 142 Å². The van der Waals surface area contributed by atoms with Gasteiger partial charge in [-0.1, -0.05) is 30.3 Å². The van der Waals surface area contributed by atoms with Crippen LogP contribution in [0.3, 0.4) is 0 Å². The summed E-state index contributed by atoms with van der Waals surface area (Å²) in [6, 6.07) is 10.5. The molecule has 0 radical (unpaired) electrons. The van der Waals surface area contributed by atoms with E-state index in [4.69, 9.17) is 11.5 Å². The Kier molecular flexibility index (Phi) is 5.11. The number of aryl methyl sites for hydroxylation is 2. The zero-order valence-electron chi connectivity index (χ0n) is 13.4. The Hall–Kier alpha value is -2.27. The predicted octanol–water partition coefficient (Wildman–Crippen LogP) is 2.46. The third-order valence-corrected chi connectivity index (χ3v) is 4.22. The highest BCUT2D eigenvalue weighted by atomic mass is 35.5. The summed E-state index contributed by atoms with van der Waals surface area (Å²) in [6.45, 7) is 2.10. The smallest absolute Gasteiger partial charge is 0.211 e. The SMILES string of the molecule is Cc1cn(C)c2c1C(=NN=C(N)N)CC(c1ccccc1)C2.Cl. The molecule has 4 N–H and O–H groups in total. The number of halogens is 1. The molecular weight excluding hydrogens is 310 g/mol. The van der Waals surface area contributed by atoms with Crippen molar-refractivity contribution in [1.29, 1.82) is 0 Å². The highest BCUT2D eigenvalue weighted by Gasteiger charge is 2.28. The van der Waals surface area contributed by atoms with Crippen LogP contribution in [-0.2, 0) is 13.5 Å². The third kappa shape index (κ3) is 3.40. The van der Waals surface area contributed by atoms with Crippen molar-refractivity contribution in [2.45, 2.75) is 25.7 Å². The van der Waals surface area contributed by atoms with Crippen molar-refractivity contribution in [3.63, 3.8) is 0 Å². The number of nitrogens with zero attached hydrogens (tertiary/aromatic N) is 3. The zero-order chi connectivity index (χ0) is 15.7. The van der Waals surface area contributed by atoms with E-state index in [0.29, 0.717) is 5.92 Å². The number of fused-ring (bicyclic) bond motifs is 1. The van der Waals surface area contributed by atoms with Crippen molar-refractivity contribution in [1.82, 2.24) is 4.57 Å². The van der Waals surface area contributed by atoms with Crippen LogP contribution in [0.1, 0.15) is 34.7 Å². The zero-order valence-corrected chi connectivity index (χ0v) is 14.2. The lowest BCUT2D eigenvalue weighted by Crippen LogP contribution is -2.23. The minimum atomic E-state index is -0.00975. The van der Waals surface area contributed by atoms with Crippen LogP contribution in [0, 0.1) is 6.92 Å². The molecule has 23 heavy (non-hydrogen) atoms. The van der Waals surface area contributed by atoms with E-state index >= 15 is 0 Å². The molecule has 3 rings (SSSR count). The molecule has 1 heterocycles. The molecular formula is C17H22ClN5. The van der Waals surface area contributed by atoms with E-state index in [2.05, 4.69) is 59.2 Å². The van der Waals surface area contributed by atoms with Gasteiger partial charge in [-0.25, -0.2) is 0 Å². The topological polar surface area (TPSA) is 81.7 Å². The lowest BCUT2D eigenvalue weighted by atomic mass is 9.81. The van der Waals surface area contributed by atoms with Gasteiger partial charge >= 0.3 is 0 Å². The van der Waals surface area contributed by atoms with Crippen molar-refractivity contribution in [3.8, 4) is 0 Å². The summed E-state index contributed by atoms with van der Waals surface area (Å²) in [4.78, 5) is 0. The molecule has 0 spiro atoms. The van der Waals surface area contributed by atoms with Crippen LogP contribution < -0.4 is 11.5 Å². The lowest BCUT2D eigenvalue weighted by Gasteiger charge is -2.25. The van der Waals surface area contributed by atoms with Crippen LogP contribution >= 0.6 is 12.4 Å². The highest BCUT2D eigenvalue weighted by molar-refractivity contribution is 6.04. The number of aromatic nitrogens is 1. The molecule has 0 bridgehead atoms. The Balaban J connectivity index is 0.00000192. The second-order valence-corrected chi connectivity index (χ2v) is 5.83. The maximum atomic E-state index is 5.43. The van der Waals surface area contributed by atoms with Crippen molar-refractivity contribution in [2.75, 3.05) is 0 Å². The molecule has 1 unspecified atom stereocenters. The molecule has 1 aromatic carbocycles. The molecule has 6 heteroatoms. The average Bonchev–Trinajstić information content (AvgIpc) is 2.80. The number of rotatable bonds is 2. The van der Waals surface area contributed by atoms with E-state index in [1.807, 2.05) is 6.07 Å². The maximum Gasteiger partial charge on any atom is 0.211 e. The molecule has 1 aliphatic rings. The molecule has 2 aromatic rings. The number of guanidine groups is 1. The molecule has 0 amide bonds. The first-order valence-electron chi connectivity index (χ1n) is 7.42. The summed E-state index contributed by atoms with van der Waals surface area (Å²) in [5.74, 6) is 0.388. The van der Waals surface area contributed by atoms with Gasteiger partial charge in [-0.15, -0.1) is 17.5 Å². The minimum absolute atomic E-state index is 0. The Morgan fingerprint density at radius 1 is 1.17 bits per heavy atom. The molecule has 0 fully saturated rings. The fraction of sp³-hybridized carbons (Fsp3) is 0.294. The average molecular weight is 332 g/mol. The van der Waals surface area contributed by atoms with E-state index in [1.54, 1.807) is 0 Å². The number of hydrogen-bond donors (Lipinski definition) is 2. The summed E-state index contributed by atoms with van der Waals surface area (Å²) in [7, 11) is 2.08. The van der Waals surface area contributed by atoms with E-state index in [1.165, 1.54) is 22.4 Å². The molecule has 122 valence electrons. The molecule has 0 saturated heterocycles. The van der Waals surface area contributed by atoms with E-state index in [0.717, 1.165) is 18.6 Å². The van der Waals surface area contributed by atoms with Gasteiger partial charge in [0.25, 0.3) is 0 Å². The second kappa shape index (κ2) is 6.87. The van der Waals surface area contributed by atoms with Gasteiger partial charge in [0, 0.05) is 24.5 Å². The van der Waals surface area contributed by atoms with E-state index < -0.39 is 0 Å². The van der Waals surface area contributed by atoms with E-state index in [-0.39, 0.29) is 18.4 Å². The van der Waals surface area contributed by atoms with Gasteiger partial charge < -0.3 is 16.0 Å². The fourth-order valence-corrected chi connectivity index (χ4v) is 3.29. The predicted molar refractivity (Wildman–Crippen MR) is 97.2 cm³/mol. The van der Waals surface area contributed by atoms with Crippen LogP contribution in [0.15, 0.2) is 46.7 Å². The molecule has 1 atom stereocenters. The lowest BCUT2D eigenvalue weighted by molar-refractivity contribution is 0.654. The van der Waals surface area contributed by atoms with Crippen LogP contribution in [0.2, 0.25) is 0 Å². The van der Waals surface area contributed by atoms with Gasteiger partial charge in [0.2, 0.25) is 5.96 Å². The highest BCUT2D eigenvalue weighted by Crippen LogP contribution is 2.35. The van der Waals surface area contributed by atoms with Crippen LogP contribution in [0.5, 0.6) is 0 Å². The van der Waals surface area contributed by atoms with Crippen LogP contribution in [0.25, 0.3) is 0 Å². The van der Waals surface area contributed by atoms with E-state index in [9.17, 15) is 0 Å². The fourth-order valence-electron chi connectivity index (χ4n) is 3.29.